The molecule has 2 N–H and O–H groups in total. The molecule has 146 heavy (non-hydrogen) atoms. The van der Waals surface area contributed by atoms with Crippen molar-refractivity contribution in [1.82, 2.24) is 89.0 Å². The number of nitriles is 1. The molecule has 1 aliphatic heterocycles. The molecule has 1 saturated heterocycles. The number of imidazole rings is 1. The second-order valence-corrected chi connectivity index (χ2v) is 40.2. The van der Waals surface area contributed by atoms with Gasteiger partial charge in [-0.1, -0.05) is 97.1 Å². The maximum Gasteiger partial charge on any atom is 0.131 e. The third-order valence-electron chi connectivity index (χ3n) is 22.9. The molecular formula is C113H118N26O2S5. The zero-order valence-electron chi connectivity index (χ0n) is 84.0. The number of ether oxygens (including phenoxy) is 2. The average molecular weight is 2030 g/mol. The van der Waals surface area contributed by atoms with E-state index in [1.54, 1.807) is 81.3 Å². The van der Waals surface area contributed by atoms with E-state index in [4.69, 9.17) is 40.4 Å². The Morgan fingerprint density at radius 2 is 0.753 bits per heavy atom. The molecule has 742 valence electrons. The Morgan fingerprint density at radius 3 is 1.21 bits per heavy atom. The molecule has 0 radical (unpaired) electrons. The number of nitrogens with zero attached hydrogens (tertiary/aromatic N) is 25. The van der Waals surface area contributed by atoms with Gasteiger partial charge in [-0.05, 0) is 235 Å². The van der Waals surface area contributed by atoms with Gasteiger partial charge in [0.1, 0.15) is 43.2 Å². The maximum atomic E-state index is 8.91. The molecule has 1 fully saturated rings. The SMILES string of the molecule is CC(=NCc1nc2ccc(C#N)cc2s1)c1ccccn1.CC(=NCc1nc2ccccc2n1CCN1CCOCC1)c1ccccn1.CC(=NCc1nc2ccccc2s1)c1cc(OCCN(C)C)ccn1.CC(=NCc1nc2ccccc2s1)c1cccc(CN(C)C)n1.CC(=NCc1nc2ccccc2s1)c1cccc(CN(C)Cc2ccccn2)n1.CC(=NCc1nc2ccccc2s1)c1cccc(CN)n1. The summed E-state index contributed by atoms with van der Waals surface area (Å²) >= 11 is 8.34. The van der Waals surface area contributed by atoms with E-state index >= 15 is 0 Å². The van der Waals surface area contributed by atoms with Crippen LogP contribution in [0.1, 0.15) is 135 Å². The number of hydrogen-bond donors (Lipinski definition) is 1. The first-order valence-corrected chi connectivity index (χ1v) is 52.2. The summed E-state index contributed by atoms with van der Waals surface area (Å²) in [7, 11) is 10.2. The van der Waals surface area contributed by atoms with Gasteiger partial charge in [-0.3, -0.25) is 74.6 Å². The van der Waals surface area contributed by atoms with Gasteiger partial charge < -0.3 is 29.6 Å². The summed E-state index contributed by atoms with van der Waals surface area (Å²) in [4.78, 5) is 96.0. The Kier molecular flexibility index (Phi) is 39.3. The maximum absolute atomic E-state index is 8.91. The number of thiazole rings is 5. The summed E-state index contributed by atoms with van der Waals surface area (Å²) in [6.07, 6.45) is 7.14. The number of fused-ring (bicyclic) bond motifs is 6. The van der Waals surface area contributed by atoms with Crippen LogP contribution in [0, 0.1) is 11.3 Å². The summed E-state index contributed by atoms with van der Waals surface area (Å²) in [5.74, 6) is 1.82. The molecule has 20 rings (SSSR count). The molecule has 28 nitrogen and oxygen atoms in total. The van der Waals surface area contributed by atoms with Crippen molar-refractivity contribution in [2.24, 2.45) is 35.7 Å². The highest BCUT2D eigenvalue weighted by molar-refractivity contribution is 7.20. The highest BCUT2D eigenvalue weighted by atomic mass is 32.1. The molecule has 0 unspecified atom stereocenters. The highest BCUT2D eigenvalue weighted by Gasteiger charge is 2.18. The third kappa shape index (κ3) is 31.9. The largest absolute Gasteiger partial charge is 0.492 e. The number of morpholine rings is 1. The van der Waals surface area contributed by atoms with Crippen molar-refractivity contribution in [3.05, 3.63) is 379 Å². The average Bonchev–Trinajstić information content (AvgIpc) is 1.66. The Labute approximate surface area is 871 Å². The van der Waals surface area contributed by atoms with Gasteiger partial charge >= 0.3 is 0 Å². The quantitative estimate of drug-likeness (QED) is 0.0383. The van der Waals surface area contributed by atoms with E-state index in [-0.39, 0.29) is 0 Å². The first-order chi connectivity index (χ1) is 71.2. The van der Waals surface area contributed by atoms with Gasteiger partial charge in [-0.15, -0.1) is 56.7 Å². The second-order valence-electron chi connectivity index (χ2n) is 34.7. The molecular weight excluding hydrogens is 1910 g/mol. The number of pyridine rings is 7. The molecule has 0 aliphatic carbocycles. The van der Waals surface area contributed by atoms with Gasteiger partial charge in [-0.2, -0.15) is 5.26 Å². The number of nitrogens with two attached hydrogens (primary N) is 1. The van der Waals surface area contributed by atoms with Crippen molar-refractivity contribution in [2.45, 2.75) is 114 Å². The van der Waals surface area contributed by atoms with Crippen LogP contribution in [-0.2, 0) is 76.7 Å². The summed E-state index contributed by atoms with van der Waals surface area (Å²) in [5.41, 5.74) is 28.4. The van der Waals surface area contributed by atoms with Crippen LogP contribution < -0.4 is 10.5 Å². The minimum absolute atomic E-state index is 0.443. The highest BCUT2D eigenvalue weighted by Crippen LogP contribution is 2.30. The molecule has 6 aromatic carbocycles. The standard InChI is InChI=1S/C23H23N5S.C21H25N5O.C19H22N4OS.C18H20N4S.C16H16N4S.C16H12N4S/c1-17(25-14-23-27-21-10-3-4-12-22(21)29-23)20-11-7-9-19(26-20)16-28(2)15-18-8-5-6-13-24-18;1-17(18-6-4-5-9-22-18)23-16-21-24-19-7-2-3-8-20(19)26(21)11-10-25-12-14-27-15-13-25;1-14(17-12-15(8-9-20-17)24-11-10-23(2)3)21-13-19-22-16-6-4-5-7-18(16)25-19;1-13(15-9-6-7-14(20-15)12-22(2)3)19-11-18-21-16-8-4-5-10-17(16)23-18;1-11(13-7-4-5-12(9-17)19-13)18-10-16-20-14-6-2-3-8-15(14)21-16;1-11(13-4-2-3-7-18-13)19-10-16-20-14-6-5-12(9-17)8-15(14)21-16/h3-13H,14-16H2,1-2H3;2-9H,10-16H2,1H3;4-9,12H,10-11,13H2,1-3H3;4-10H,11-12H2,1-3H3;2-8H,9-10,17H2,1H3;2-8H,10H2,1H3. The van der Waals surface area contributed by atoms with Crippen LogP contribution in [0.2, 0.25) is 0 Å². The van der Waals surface area contributed by atoms with Crippen LogP contribution in [-0.4, -0.2) is 204 Å². The Balaban J connectivity index is 0.000000132. The lowest BCUT2D eigenvalue weighted by Gasteiger charge is -2.26. The van der Waals surface area contributed by atoms with Crippen molar-refractivity contribution in [2.75, 3.05) is 81.2 Å². The molecule has 14 heterocycles. The summed E-state index contributed by atoms with van der Waals surface area (Å²) in [6.45, 7) is 25.2. The fourth-order valence-electron chi connectivity index (χ4n) is 15.2. The van der Waals surface area contributed by atoms with Gasteiger partial charge in [0.05, 0.1) is 217 Å². The lowest BCUT2D eigenvalue weighted by molar-refractivity contribution is 0.0364. The van der Waals surface area contributed by atoms with E-state index in [2.05, 4.69) is 161 Å². The normalized spacial score (nSPS) is 12.8. The van der Waals surface area contributed by atoms with E-state index in [1.807, 2.05) is 282 Å². The van der Waals surface area contributed by atoms with E-state index in [0.29, 0.717) is 58.0 Å². The van der Waals surface area contributed by atoms with Crippen LogP contribution in [0.3, 0.4) is 0 Å². The zero-order valence-corrected chi connectivity index (χ0v) is 88.1. The van der Waals surface area contributed by atoms with Gasteiger partial charge in [0, 0.05) is 89.8 Å². The summed E-state index contributed by atoms with van der Waals surface area (Å²) in [6, 6.07) is 88.2. The first-order valence-electron chi connectivity index (χ1n) is 48.1. The number of aromatic nitrogens is 14. The van der Waals surface area contributed by atoms with E-state index in [9.17, 15) is 0 Å². The molecule has 33 heteroatoms. The topological polar surface area (TPSA) is 328 Å². The van der Waals surface area contributed by atoms with E-state index in [0.717, 1.165) is 231 Å². The predicted octanol–water partition coefficient (Wildman–Crippen LogP) is 21.6. The molecule has 19 aromatic rings. The van der Waals surface area contributed by atoms with Gasteiger partial charge in [0.25, 0.3) is 0 Å². The number of aliphatic imine (C=N–C) groups is 6. The molecule has 0 amide bonds. The molecule has 0 bridgehead atoms. The molecule has 1 aliphatic rings. The summed E-state index contributed by atoms with van der Waals surface area (Å²) < 4.78 is 19.3. The van der Waals surface area contributed by atoms with Gasteiger partial charge in [0.2, 0.25) is 0 Å². The van der Waals surface area contributed by atoms with Crippen LogP contribution in [0.4, 0.5) is 0 Å². The minimum Gasteiger partial charge on any atom is -0.492 e. The number of likely N-dealkylation sites (N-methyl/N-ethyl adjacent to an activating group) is 1. The van der Waals surface area contributed by atoms with Crippen molar-refractivity contribution in [3.63, 3.8) is 0 Å². The smallest absolute Gasteiger partial charge is 0.131 e. The lowest BCUT2D eigenvalue weighted by atomic mass is 10.2. The van der Waals surface area contributed by atoms with E-state index < -0.39 is 0 Å². The van der Waals surface area contributed by atoms with Crippen LogP contribution in [0.25, 0.3) is 62.1 Å². The Hall–Kier alpha value is -14.6. The van der Waals surface area contributed by atoms with Crippen molar-refractivity contribution >= 4 is 153 Å². The zero-order chi connectivity index (χ0) is 102. The minimum atomic E-state index is 0.443. The predicted molar refractivity (Wildman–Crippen MR) is 599 cm³/mol. The number of hydrogen-bond acceptors (Lipinski definition) is 32. The lowest BCUT2D eigenvalue weighted by Crippen LogP contribution is -2.38. The van der Waals surface area contributed by atoms with Crippen molar-refractivity contribution in [3.8, 4) is 11.8 Å². The Bertz CT molecular complexity index is 7580. The van der Waals surface area contributed by atoms with Crippen molar-refractivity contribution < 1.29 is 9.47 Å². The monoisotopic (exact) mass is 2030 g/mol. The Morgan fingerprint density at radius 1 is 0.363 bits per heavy atom. The molecule has 0 atom stereocenters. The van der Waals surface area contributed by atoms with E-state index in [1.165, 1.54) is 24.3 Å². The summed E-state index contributed by atoms with van der Waals surface area (Å²) in [5, 5.41) is 13.9. The second kappa shape index (κ2) is 54.3. The molecule has 0 saturated carbocycles. The van der Waals surface area contributed by atoms with Crippen LogP contribution in [0.15, 0.2) is 316 Å². The third-order valence-corrected chi connectivity index (χ3v) is 28.0. The number of benzene rings is 6. The molecule has 0 spiro atoms. The van der Waals surface area contributed by atoms with Crippen LogP contribution >= 0.6 is 56.7 Å². The number of para-hydroxylation sites is 6. The van der Waals surface area contributed by atoms with Crippen molar-refractivity contribution in [1.29, 1.82) is 5.26 Å². The van der Waals surface area contributed by atoms with Gasteiger partial charge in [-0.25, -0.2) is 29.9 Å². The van der Waals surface area contributed by atoms with Crippen LogP contribution in [0.5, 0.6) is 5.75 Å². The molecule has 13 aromatic heterocycles. The fourth-order valence-corrected chi connectivity index (χ4v) is 19.7. The fraction of sp³-hybridized carbons (Fsp3) is 0.257. The van der Waals surface area contributed by atoms with Gasteiger partial charge in [0.15, 0.2) is 0 Å². The first kappa shape index (κ1) is 106. The number of rotatable bonds is 32.